The third kappa shape index (κ3) is 3.11. The van der Waals surface area contributed by atoms with Crippen LogP contribution < -0.4 is 10.2 Å². The Kier molecular flexibility index (Phi) is 5.02. The summed E-state index contributed by atoms with van der Waals surface area (Å²) in [5.74, 6) is 0.0222. The van der Waals surface area contributed by atoms with Crippen LogP contribution in [0.3, 0.4) is 0 Å². The number of anilines is 2. The topological polar surface area (TPSA) is 78.1 Å². The van der Waals surface area contributed by atoms with Gasteiger partial charge in [-0.25, -0.2) is 0 Å². The van der Waals surface area contributed by atoms with Gasteiger partial charge in [0.05, 0.1) is 11.3 Å². The number of hydrogen-bond donors (Lipinski definition) is 1. The molecule has 184 valence electrons. The number of fused-ring (bicyclic) bond motifs is 3. The van der Waals surface area contributed by atoms with Crippen molar-refractivity contribution in [2.45, 2.75) is 39.0 Å². The van der Waals surface area contributed by atoms with E-state index in [1.807, 2.05) is 83.4 Å². The summed E-state index contributed by atoms with van der Waals surface area (Å²) in [7, 11) is 0. The maximum Gasteiger partial charge on any atom is 0.245 e. The summed E-state index contributed by atoms with van der Waals surface area (Å²) in [6.07, 6.45) is 4.53. The quantitative estimate of drug-likeness (QED) is 0.447. The molecule has 0 saturated heterocycles. The molecule has 3 aliphatic rings. The zero-order chi connectivity index (χ0) is 26.1. The van der Waals surface area contributed by atoms with Gasteiger partial charge in [0.2, 0.25) is 5.91 Å². The summed E-state index contributed by atoms with van der Waals surface area (Å²) in [6, 6.07) is 19.1. The Bertz CT molecular complexity index is 1610. The third-order valence-electron chi connectivity index (χ3n) is 7.67. The summed E-state index contributed by atoms with van der Waals surface area (Å²) in [6.45, 7) is 6.05. The first-order valence-electron chi connectivity index (χ1n) is 12.2. The molecule has 3 aromatic rings. The molecule has 1 amide bonds. The van der Waals surface area contributed by atoms with Crippen LogP contribution in [0, 0.1) is 23.7 Å². The van der Waals surface area contributed by atoms with Crippen LogP contribution in [0.5, 0.6) is 0 Å². The van der Waals surface area contributed by atoms with Gasteiger partial charge in [0.1, 0.15) is 17.3 Å². The number of hydrogen-bond acceptors (Lipinski definition) is 4. The van der Waals surface area contributed by atoms with Gasteiger partial charge in [-0.2, -0.15) is 5.26 Å². The largest absolute Gasteiger partial charge is 0.324 e. The lowest BCUT2D eigenvalue weighted by molar-refractivity contribution is -0.123. The first-order chi connectivity index (χ1) is 17.7. The van der Waals surface area contributed by atoms with Gasteiger partial charge < -0.3 is 9.88 Å². The van der Waals surface area contributed by atoms with E-state index in [1.54, 1.807) is 0 Å². The van der Waals surface area contributed by atoms with E-state index in [1.165, 1.54) is 0 Å². The normalized spacial score (nSPS) is 22.2. The number of nitrogens with zero attached hydrogens (tertiary/aromatic N) is 3. The zero-order valence-electron chi connectivity index (χ0n) is 20.8. The lowest BCUT2D eigenvalue weighted by atomic mass is 9.60. The van der Waals surface area contributed by atoms with Gasteiger partial charge in [-0.15, -0.1) is 0 Å². The lowest BCUT2D eigenvalue weighted by Crippen LogP contribution is -2.51. The first-order valence-corrected chi connectivity index (χ1v) is 12.6. The molecule has 1 aromatic heterocycles. The molecule has 0 radical (unpaired) electrons. The summed E-state index contributed by atoms with van der Waals surface area (Å²) < 4.78 is 1.85. The maximum atomic E-state index is 14.1. The number of Topliss-reactive ketones (excluding diaryl/α,β-unsaturated/α-hetero) is 1. The van der Waals surface area contributed by atoms with Crippen molar-refractivity contribution < 1.29 is 9.59 Å². The Hall–Kier alpha value is -4.08. The van der Waals surface area contributed by atoms with Gasteiger partial charge in [-0.1, -0.05) is 49.7 Å². The van der Waals surface area contributed by atoms with Crippen molar-refractivity contribution in [3.63, 3.8) is 0 Å². The van der Waals surface area contributed by atoms with E-state index in [-0.39, 0.29) is 29.1 Å². The number of halogens is 1. The fourth-order valence-corrected chi connectivity index (χ4v) is 6.31. The molecule has 0 bridgehead atoms. The number of amides is 1. The van der Waals surface area contributed by atoms with Gasteiger partial charge in [0, 0.05) is 46.4 Å². The minimum atomic E-state index is -1.54. The average Bonchev–Trinajstić information content (AvgIpc) is 3.47. The highest BCUT2D eigenvalue weighted by atomic mass is 35.5. The molecule has 0 fully saturated rings. The molecule has 1 aliphatic carbocycles. The zero-order valence-corrected chi connectivity index (χ0v) is 21.6. The lowest BCUT2D eigenvalue weighted by Gasteiger charge is -2.48. The molecule has 2 aromatic carbocycles. The number of allylic oxidation sites excluding steroid dienone is 1. The number of rotatable bonds is 2. The number of nitriles is 1. The van der Waals surface area contributed by atoms with Crippen molar-refractivity contribution in [1.29, 1.82) is 5.26 Å². The Morgan fingerprint density at radius 1 is 1.00 bits per heavy atom. The van der Waals surface area contributed by atoms with Crippen molar-refractivity contribution >= 4 is 40.5 Å². The third-order valence-corrected chi connectivity index (χ3v) is 8.08. The molecule has 6 rings (SSSR count). The number of carbonyl (C=O) groups excluding carboxylic acids is 2. The predicted molar refractivity (Wildman–Crippen MR) is 144 cm³/mol. The highest BCUT2D eigenvalue weighted by Gasteiger charge is 2.61. The Morgan fingerprint density at radius 2 is 1.73 bits per heavy atom. The first kappa shape index (κ1) is 23.3. The minimum absolute atomic E-state index is 0.123. The smallest absolute Gasteiger partial charge is 0.245 e. The minimum Gasteiger partial charge on any atom is -0.324 e. The summed E-state index contributed by atoms with van der Waals surface area (Å²) in [5, 5.41) is 14.4. The van der Waals surface area contributed by atoms with Crippen LogP contribution >= 0.6 is 11.6 Å². The Labute approximate surface area is 220 Å². The van der Waals surface area contributed by atoms with Crippen molar-refractivity contribution in [2.75, 3.05) is 10.2 Å². The molecule has 3 heterocycles. The van der Waals surface area contributed by atoms with Crippen LogP contribution in [0.2, 0.25) is 5.02 Å². The number of ketones is 1. The standard InChI is InChI=1S/C30H25ClN4O2/c1-18-21(31)10-8-12-23(18)35-24-15-29(2,3)16-25(36)26(24)30(19-9-4-5-11-22(19)33-28(30)37)20(17-32)27(35)34-13-6-7-14-34/h4-14H,15-16H2,1-3H3,(H,33,37)/t30-/m0/s1. The fourth-order valence-electron chi connectivity index (χ4n) is 6.14. The molecular weight excluding hydrogens is 484 g/mol. The molecule has 1 N–H and O–H groups in total. The second kappa shape index (κ2) is 7.96. The Balaban J connectivity index is 1.82. The number of para-hydroxylation sites is 1. The molecular formula is C30H25ClN4O2. The second-order valence-electron chi connectivity index (χ2n) is 10.6. The van der Waals surface area contributed by atoms with Gasteiger partial charge in [0.15, 0.2) is 5.78 Å². The molecule has 1 spiro atoms. The van der Waals surface area contributed by atoms with E-state index in [4.69, 9.17) is 11.6 Å². The van der Waals surface area contributed by atoms with Gasteiger partial charge in [-0.3, -0.25) is 14.5 Å². The highest BCUT2D eigenvalue weighted by Crippen LogP contribution is 2.58. The van der Waals surface area contributed by atoms with Crippen molar-refractivity contribution in [3.05, 3.63) is 100.0 Å². The summed E-state index contributed by atoms with van der Waals surface area (Å²) >= 11 is 6.58. The monoisotopic (exact) mass is 508 g/mol. The van der Waals surface area contributed by atoms with Gasteiger partial charge in [0.25, 0.3) is 0 Å². The van der Waals surface area contributed by atoms with Crippen LogP contribution in [-0.2, 0) is 15.0 Å². The molecule has 37 heavy (non-hydrogen) atoms. The average molecular weight is 509 g/mol. The molecule has 6 nitrogen and oxygen atoms in total. The molecule has 7 heteroatoms. The van der Waals surface area contributed by atoms with Crippen LogP contribution in [0.25, 0.3) is 5.82 Å². The number of carbonyl (C=O) groups is 2. The van der Waals surface area contributed by atoms with Crippen LogP contribution in [0.4, 0.5) is 11.4 Å². The van der Waals surface area contributed by atoms with Crippen LogP contribution in [-0.4, -0.2) is 16.3 Å². The number of aromatic nitrogens is 1. The van der Waals surface area contributed by atoms with Crippen LogP contribution in [0.1, 0.15) is 37.8 Å². The van der Waals surface area contributed by atoms with E-state index in [2.05, 4.69) is 25.2 Å². The van der Waals surface area contributed by atoms with Crippen LogP contribution in [0.15, 0.2) is 83.8 Å². The van der Waals surface area contributed by atoms with Crippen molar-refractivity contribution in [3.8, 4) is 6.07 Å². The van der Waals surface area contributed by atoms with Crippen molar-refractivity contribution in [2.24, 2.45) is 5.41 Å². The van der Waals surface area contributed by atoms with Gasteiger partial charge >= 0.3 is 0 Å². The van der Waals surface area contributed by atoms with E-state index in [0.29, 0.717) is 34.1 Å². The van der Waals surface area contributed by atoms with Gasteiger partial charge in [-0.05, 0) is 54.7 Å². The SMILES string of the molecule is Cc1c(Cl)cccc1N1C2=C(C(=O)CC(C)(C)C2)[C@@]2(C(=O)Nc3ccccc32)C(C#N)=C1n1cccc1. The molecule has 0 saturated carbocycles. The summed E-state index contributed by atoms with van der Waals surface area (Å²) in [4.78, 5) is 30.2. The Morgan fingerprint density at radius 3 is 2.46 bits per heavy atom. The highest BCUT2D eigenvalue weighted by molar-refractivity contribution is 6.31. The molecule has 0 unspecified atom stereocenters. The molecule has 2 aliphatic heterocycles. The van der Waals surface area contributed by atoms with E-state index in [0.717, 1.165) is 16.9 Å². The maximum absolute atomic E-state index is 14.1. The van der Waals surface area contributed by atoms with E-state index in [9.17, 15) is 14.9 Å². The number of nitrogens with one attached hydrogen (secondary N) is 1. The van der Waals surface area contributed by atoms with Crippen molar-refractivity contribution in [1.82, 2.24) is 4.57 Å². The second-order valence-corrected chi connectivity index (χ2v) is 11.0. The van der Waals surface area contributed by atoms with E-state index < -0.39 is 5.41 Å². The predicted octanol–water partition coefficient (Wildman–Crippen LogP) is 6.20. The number of benzene rings is 2. The fraction of sp³-hybridized carbons (Fsp3) is 0.233. The summed E-state index contributed by atoms with van der Waals surface area (Å²) in [5.41, 5.74) is 2.25. The molecule has 1 atom stereocenters. The van der Waals surface area contributed by atoms with E-state index >= 15 is 0 Å².